The first-order valence-electron chi connectivity index (χ1n) is 4.92. The Bertz CT molecular complexity index is 258. The van der Waals surface area contributed by atoms with Crippen molar-refractivity contribution < 1.29 is 24.2 Å². The van der Waals surface area contributed by atoms with Gasteiger partial charge in [0.2, 0.25) is 0 Å². The lowest BCUT2D eigenvalue weighted by molar-refractivity contribution is -0.142. The second kappa shape index (κ2) is 5.69. The maximum atomic E-state index is 11.3. The third-order valence-corrected chi connectivity index (χ3v) is 1.78. The van der Waals surface area contributed by atoms with Gasteiger partial charge in [-0.3, -0.25) is 0 Å². The van der Waals surface area contributed by atoms with Crippen molar-refractivity contribution in [1.82, 2.24) is 5.32 Å². The van der Waals surface area contributed by atoms with Crippen LogP contribution in [0.25, 0.3) is 0 Å². The molecule has 0 spiro atoms. The molecular weight excluding hydrogens is 214 g/mol. The van der Waals surface area contributed by atoms with Crippen molar-refractivity contribution in [1.29, 1.82) is 0 Å². The standard InChI is InChI=1S/C10H19NO5/c1-6(15-5)7(8(12)13)11-9(14)16-10(2,3)4/h6-7H,1-5H3,(H,11,14)(H,12,13). The van der Waals surface area contributed by atoms with Gasteiger partial charge in [-0.25, -0.2) is 9.59 Å². The first-order chi connectivity index (χ1) is 7.17. The van der Waals surface area contributed by atoms with Crippen molar-refractivity contribution in [3.63, 3.8) is 0 Å². The first kappa shape index (κ1) is 14.7. The van der Waals surface area contributed by atoms with Crippen LogP contribution in [0.4, 0.5) is 4.79 Å². The number of hydrogen-bond donors (Lipinski definition) is 2. The van der Waals surface area contributed by atoms with Crippen molar-refractivity contribution in [3.05, 3.63) is 0 Å². The second-order valence-electron chi connectivity index (χ2n) is 4.40. The van der Waals surface area contributed by atoms with E-state index in [0.717, 1.165) is 0 Å². The van der Waals surface area contributed by atoms with Gasteiger partial charge in [0.25, 0.3) is 0 Å². The van der Waals surface area contributed by atoms with Gasteiger partial charge >= 0.3 is 12.1 Å². The topological polar surface area (TPSA) is 84.9 Å². The van der Waals surface area contributed by atoms with Crippen LogP contribution in [0, 0.1) is 0 Å². The molecular formula is C10H19NO5. The van der Waals surface area contributed by atoms with E-state index in [4.69, 9.17) is 14.6 Å². The fraction of sp³-hybridized carbons (Fsp3) is 0.800. The molecule has 0 aliphatic carbocycles. The van der Waals surface area contributed by atoms with Crippen LogP contribution in [0.3, 0.4) is 0 Å². The number of carboxylic acids is 1. The molecule has 0 rings (SSSR count). The van der Waals surface area contributed by atoms with Crippen LogP contribution in [-0.4, -0.2) is 42.0 Å². The first-order valence-corrected chi connectivity index (χ1v) is 4.92. The highest BCUT2D eigenvalue weighted by atomic mass is 16.6. The quantitative estimate of drug-likeness (QED) is 0.756. The number of carbonyl (C=O) groups is 2. The lowest BCUT2D eigenvalue weighted by atomic mass is 10.2. The molecule has 16 heavy (non-hydrogen) atoms. The molecule has 6 nitrogen and oxygen atoms in total. The molecule has 6 heteroatoms. The van der Waals surface area contributed by atoms with E-state index in [1.54, 1.807) is 27.7 Å². The molecule has 1 amide bonds. The highest BCUT2D eigenvalue weighted by molar-refractivity contribution is 5.80. The van der Waals surface area contributed by atoms with Gasteiger partial charge < -0.3 is 19.9 Å². The van der Waals surface area contributed by atoms with Crippen LogP contribution in [0.5, 0.6) is 0 Å². The molecule has 0 heterocycles. The summed E-state index contributed by atoms with van der Waals surface area (Å²) in [5.74, 6) is -1.17. The third-order valence-electron chi connectivity index (χ3n) is 1.78. The number of nitrogens with one attached hydrogen (secondary N) is 1. The Morgan fingerprint density at radius 1 is 1.31 bits per heavy atom. The van der Waals surface area contributed by atoms with Crippen LogP contribution in [0.2, 0.25) is 0 Å². The lowest BCUT2D eigenvalue weighted by Gasteiger charge is -2.24. The van der Waals surface area contributed by atoms with Gasteiger partial charge in [0.15, 0.2) is 6.04 Å². The smallest absolute Gasteiger partial charge is 0.408 e. The number of carboxylic acid groups (broad SMARTS) is 1. The summed E-state index contributed by atoms with van der Waals surface area (Å²) in [5, 5.41) is 11.1. The summed E-state index contributed by atoms with van der Waals surface area (Å²) < 4.78 is 9.80. The number of alkyl carbamates (subject to hydrolysis) is 1. The summed E-state index contributed by atoms with van der Waals surface area (Å²) in [5.41, 5.74) is -0.663. The number of rotatable bonds is 4. The maximum Gasteiger partial charge on any atom is 0.408 e. The summed E-state index contributed by atoms with van der Waals surface area (Å²) in [6.45, 7) is 6.64. The van der Waals surface area contributed by atoms with Crippen molar-refractivity contribution >= 4 is 12.1 Å². The fourth-order valence-corrected chi connectivity index (χ4v) is 0.950. The number of amides is 1. The Kier molecular flexibility index (Phi) is 5.23. The molecule has 2 atom stereocenters. The number of hydrogen-bond acceptors (Lipinski definition) is 4. The Balaban J connectivity index is 4.42. The zero-order chi connectivity index (χ0) is 12.9. The van der Waals surface area contributed by atoms with Crippen LogP contribution in [0.1, 0.15) is 27.7 Å². The summed E-state index contributed by atoms with van der Waals surface area (Å²) in [4.78, 5) is 22.2. The summed E-state index contributed by atoms with van der Waals surface area (Å²) >= 11 is 0. The Morgan fingerprint density at radius 2 is 1.81 bits per heavy atom. The summed E-state index contributed by atoms with van der Waals surface area (Å²) in [6.07, 6.45) is -1.41. The zero-order valence-electron chi connectivity index (χ0n) is 10.2. The second-order valence-corrected chi connectivity index (χ2v) is 4.40. The molecule has 0 fully saturated rings. The minimum absolute atomic E-state index is 0.634. The Hall–Kier alpha value is -1.30. The van der Waals surface area contributed by atoms with Crippen molar-refractivity contribution in [3.8, 4) is 0 Å². The van der Waals surface area contributed by atoms with E-state index in [0.29, 0.717) is 0 Å². The van der Waals surface area contributed by atoms with Crippen LogP contribution >= 0.6 is 0 Å². The van der Waals surface area contributed by atoms with Gasteiger partial charge in [0, 0.05) is 7.11 Å². The molecule has 0 saturated heterocycles. The van der Waals surface area contributed by atoms with E-state index in [9.17, 15) is 9.59 Å². The molecule has 0 aliphatic heterocycles. The normalized spacial score (nSPS) is 15.1. The predicted molar refractivity (Wildman–Crippen MR) is 57.3 cm³/mol. The average molecular weight is 233 g/mol. The van der Waals surface area contributed by atoms with Gasteiger partial charge in [0.05, 0.1) is 6.10 Å². The van der Waals surface area contributed by atoms with Gasteiger partial charge in [-0.15, -0.1) is 0 Å². The highest BCUT2D eigenvalue weighted by Gasteiger charge is 2.28. The molecule has 0 aromatic heterocycles. The molecule has 0 bridgehead atoms. The van der Waals surface area contributed by atoms with E-state index in [1.165, 1.54) is 7.11 Å². The average Bonchev–Trinajstić information content (AvgIpc) is 2.09. The van der Waals surface area contributed by atoms with Gasteiger partial charge in [-0.05, 0) is 27.7 Å². The largest absolute Gasteiger partial charge is 0.480 e. The van der Waals surface area contributed by atoms with E-state index in [2.05, 4.69) is 5.32 Å². The highest BCUT2D eigenvalue weighted by Crippen LogP contribution is 2.07. The molecule has 0 aromatic rings. The van der Waals surface area contributed by atoms with Crippen LogP contribution in [-0.2, 0) is 14.3 Å². The van der Waals surface area contributed by atoms with Gasteiger partial charge in [-0.2, -0.15) is 0 Å². The number of ether oxygens (including phenoxy) is 2. The third kappa shape index (κ3) is 5.55. The minimum Gasteiger partial charge on any atom is -0.480 e. The minimum atomic E-state index is -1.17. The molecule has 0 aromatic carbocycles. The number of aliphatic carboxylic acids is 1. The van der Waals surface area contributed by atoms with E-state index < -0.39 is 29.8 Å². The number of carbonyl (C=O) groups excluding carboxylic acids is 1. The molecule has 2 unspecified atom stereocenters. The molecule has 0 saturated carbocycles. The van der Waals surface area contributed by atoms with E-state index in [1.807, 2.05) is 0 Å². The Morgan fingerprint density at radius 3 is 2.12 bits per heavy atom. The molecule has 2 N–H and O–H groups in total. The summed E-state index contributed by atoms with van der Waals surface area (Å²) in [7, 11) is 1.37. The molecule has 0 radical (unpaired) electrons. The summed E-state index contributed by atoms with van der Waals surface area (Å²) in [6, 6.07) is -1.13. The van der Waals surface area contributed by atoms with Crippen molar-refractivity contribution in [2.24, 2.45) is 0 Å². The monoisotopic (exact) mass is 233 g/mol. The Labute approximate surface area is 94.9 Å². The van der Waals surface area contributed by atoms with E-state index in [-0.39, 0.29) is 0 Å². The molecule has 0 aliphatic rings. The maximum absolute atomic E-state index is 11.3. The fourth-order valence-electron chi connectivity index (χ4n) is 0.950. The van der Waals surface area contributed by atoms with Gasteiger partial charge in [0.1, 0.15) is 5.60 Å². The van der Waals surface area contributed by atoms with E-state index >= 15 is 0 Å². The SMILES string of the molecule is COC(C)C(NC(=O)OC(C)(C)C)C(=O)O. The lowest BCUT2D eigenvalue weighted by Crippen LogP contribution is -2.49. The molecule has 94 valence electrons. The predicted octanol–water partition coefficient (Wildman–Crippen LogP) is 0.999. The van der Waals surface area contributed by atoms with Crippen LogP contribution < -0.4 is 5.32 Å². The van der Waals surface area contributed by atoms with Gasteiger partial charge in [-0.1, -0.05) is 0 Å². The van der Waals surface area contributed by atoms with Crippen molar-refractivity contribution in [2.45, 2.75) is 45.4 Å². The van der Waals surface area contributed by atoms with Crippen LogP contribution in [0.15, 0.2) is 0 Å². The zero-order valence-corrected chi connectivity index (χ0v) is 10.2. The van der Waals surface area contributed by atoms with Crippen molar-refractivity contribution in [2.75, 3.05) is 7.11 Å². The number of methoxy groups -OCH3 is 1.